The quantitative estimate of drug-likeness (QED) is 0.784. The summed E-state index contributed by atoms with van der Waals surface area (Å²) in [6.45, 7) is 11.2. The minimum absolute atomic E-state index is 0.492. The molecular weight excluding hydrogens is 228 g/mol. The van der Waals surface area contributed by atoms with Crippen molar-refractivity contribution < 1.29 is 0 Å². The van der Waals surface area contributed by atoms with Crippen molar-refractivity contribution in [2.75, 3.05) is 32.7 Å². The van der Waals surface area contributed by atoms with Gasteiger partial charge in [0.15, 0.2) is 0 Å². The highest BCUT2D eigenvalue weighted by atomic mass is 15.4. The summed E-state index contributed by atoms with van der Waals surface area (Å²) >= 11 is 0. The van der Waals surface area contributed by atoms with Crippen molar-refractivity contribution in [2.45, 2.75) is 33.0 Å². The van der Waals surface area contributed by atoms with Gasteiger partial charge in [0.25, 0.3) is 0 Å². The maximum atomic E-state index is 5.71. The Morgan fingerprint density at radius 2 is 2.06 bits per heavy atom. The number of rotatable bonds is 5. The molecule has 1 aromatic rings. The van der Waals surface area contributed by atoms with Crippen LogP contribution in [-0.4, -0.2) is 63.3 Å². The molecule has 18 heavy (non-hydrogen) atoms. The van der Waals surface area contributed by atoms with Crippen LogP contribution in [0.25, 0.3) is 0 Å². The molecule has 102 valence electrons. The molecule has 0 amide bonds. The molecule has 6 heteroatoms. The summed E-state index contributed by atoms with van der Waals surface area (Å²) in [5.74, 6) is 1.07. The molecule has 2 rings (SSSR count). The van der Waals surface area contributed by atoms with E-state index in [4.69, 9.17) is 5.73 Å². The molecule has 0 bridgehead atoms. The van der Waals surface area contributed by atoms with Crippen molar-refractivity contribution in [1.29, 1.82) is 0 Å². The van der Waals surface area contributed by atoms with E-state index in [0.29, 0.717) is 6.04 Å². The van der Waals surface area contributed by atoms with E-state index in [1.165, 1.54) is 0 Å². The van der Waals surface area contributed by atoms with Crippen molar-refractivity contribution in [3.63, 3.8) is 0 Å². The number of hydrogen-bond acceptors (Lipinski definition) is 5. The summed E-state index contributed by atoms with van der Waals surface area (Å²) in [6.07, 6.45) is 1.64. The first kappa shape index (κ1) is 13.5. The number of piperazine rings is 1. The van der Waals surface area contributed by atoms with Crippen LogP contribution in [0, 0.1) is 0 Å². The second-order valence-corrected chi connectivity index (χ2v) is 4.89. The maximum Gasteiger partial charge on any atom is 0.140 e. The van der Waals surface area contributed by atoms with E-state index in [-0.39, 0.29) is 0 Å². The first-order valence-electron chi connectivity index (χ1n) is 6.77. The van der Waals surface area contributed by atoms with E-state index >= 15 is 0 Å². The largest absolute Gasteiger partial charge is 0.329 e. The van der Waals surface area contributed by atoms with Gasteiger partial charge in [0.05, 0.1) is 6.54 Å². The Labute approximate surface area is 109 Å². The fourth-order valence-corrected chi connectivity index (χ4v) is 2.39. The fourth-order valence-electron chi connectivity index (χ4n) is 2.39. The third-order valence-corrected chi connectivity index (χ3v) is 3.73. The molecule has 1 atom stereocenters. The van der Waals surface area contributed by atoms with Crippen molar-refractivity contribution in [3.05, 3.63) is 12.2 Å². The van der Waals surface area contributed by atoms with Gasteiger partial charge in [-0.3, -0.25) is 9.80 Å². The maximum absolute atomic E-state index is 5.71. The SMILES string of the molecule is CCn1ncnc1CN1CCN(C(C)CN)CC1. The standard InChI is InChI=1S/C12H24N6/c1-3-18-12(14-10-15-18)9-16-4-6-17(7-5-16)11(2)8-13/h10-11H,3-9,13H2,1-2H3. The Morgan fingerprint density at radius 3 is 2.67 bits per heavy atom. The van der Waals surface area contributed by atoms with Crippen LogP contribution in [0.4, 0.5) is 0 Å². The van der Waals surface area contributed by atoms with Gasteiger partial charge in [-0.15, -0.1) is 0 Å². The van der Waals surface area contributed by atoms with Gasteiger partial charge in [0.2, 0.25) is 0 Å². The Morgan fingerprint density at radius 1 is 1.33 bits per heavy atom. The lowest BCUT2D eigenvalue weighted by Crippen LogP contribution is -2.51. The molecule has 0 spiro atoms. The second kappa shape index (κ2) is 6.26. The fraction of sp³-hybridized carbons (Fsp3) is 0.833. The van der Waals surface area contributed by atoms with Crippen LogP contribution in [0.5, 0.6) is 0 Å². The lowest BCUT2D eigenvalue weighted by molar-refractivity contribution is 0.0978. The monoisotopic (exact) mass is 252 g/mol. The second-order valence-electron chi connectivity index (χ2n) is 4.89. The molecular formula is C12H24N6. The number of hydrogen-bond donors (Lipinski definition) is 1. The van der Waals surface area contributed by atoms with E-state index in [1.807, 2.05) is 4.68 Å². The number of nitrogens with two attached hydrogens (primary N) is 1. The lowest BCUT2D eigenvalue weighted by atomic mass is 10.2. The van der Waals surface area contributed by atoms with E-state index in [1.54, 1.807) is 6.33 Å². The van der Waals surface area contributed by atoms with E-state index in [9.17, 15) is 0 Å². The molecule has 2 heterocycles. The zero-order valence-corrected chi connectivity index (χ0v) is 11.4. The van der Waals surface area contributed by atoms with Crippen LogP contribution in [0.3, 0.4) is 0 Å². The molecule has 1 aromatic heterocycles. The molecule has 2 N–H and O–H groups in total. The van der Waals surface area contributed by atoms with Crippen LogP contribution in [0.2, 0.25) is 0 Å². The summed E-state index contributed by atoms with van der Waals surface area (Å²) in [5.41, 5.74) is 5.71. The van der Waals surface area contributed by atoms with Crippen molar-refractivity contribution >= 4 is 0 Å². The smallest absolute Gasteiger partial charge is 0.140 e. The summed E-state index contributed by atoms with van der Waals surface area (Å²) in [4.78, 5) is 9.23. The first-order valence-corrected chi connectivity index (χ1v) is 6.77. The number of aryl methyl sites for hydroxylation is 1. The Balaban J connectivity index is 1.83. The zero-order chi connectivity index (χ0) is 13.0. The summed E-state index contributed by atoms with van der Waals surface area (Å²) in [5, 5.41) is 4.21. The molecule has 0 radical (unpaired) electrons. The average Bonchev–Trinajstić information content (AvgIpc) is 2.86. The Hall–Kier alpha value is -0.980. The van der Waals surface area contributed by atoms with Gasteiger partial charge in [-0.2, -0.15) is 5.10 Å². The average molecular weight is 252 g/mol. The van der Waals surface area contributed by atoms with Crippen LogP contribution < -0.4 is 5.73 Å². The third kappa shape index (κ3) is 3.07. The Bertz CT molecular complexity index is 355. The number of aromatic nitrogens is 3. The topological polar surface area (TPSA) is 63.2 Å². The Kier molecular flexibility index (Phi) is 4.68. The van der Waals surface area contributed by atoms with Crippen molar-refractivity contribution in [2.24, 2.45) is 5.73 Å². The van der Waals surface area contributed by atoms with E-state index < -0.39 is 0 Å². The molecule has 0 saturated carbocycles. The molecule has 1 aliphatic heterocycles. The highest BCUT2D eigenvalue weighted by Gasteiger charge is 2.21. The first-order chi connectivity index (χ1) is 8.74. The lowest BCUT2D eigenvalue weighted by Gasteiger charge is -2.37. The van der Waals surface area contributed by atoms with Crippen LogP contribution in [0.1, 0.15) is 19.7 Å². The van der Waals surface area contributed by atoms with Gasteiger partial charge in [-0.05, 0) is 13.8 Å². The van der Waals surface area contributed by atoms with Gasteiger partial charge in [0.1, 0.15) is 12.2 Å². The summed E-state index contributed by atoms with van der Waals surface area (Å²) in [6, 6.07) is 0.492. The molecule has 0 aromatic carbocycles. The van der Waals surface area contributed by atoms with Gasteiger partial charge >= 0.3 is 0 Å². The molecule has 0 aliphatic carbocycles. The zero-order valence-electron chi connectivity index (χ0n) is 11.4. The highest BCUT2D eigenvalue weighted by molar-refractivity contribution is 4.86. The van der Waals surface area contributed by atoms with Gasteiger partial charge in [-0.1, -0.05) is 0 Å². The van der Waals surface area contributed by atoms with E-state index in [0.717, 1.165) is 51.6 Å². The molecule has 6 nitrogen and oxygen atoms in total. The predicted molar refractivity (Wildman–Crippen MR) is 71.1 cm³/mol. The predicted octanol–water partition coefficient (Wildman–Crippen LogP) is -0.237. The molecule has 1 aliphatic rings. The van der Waals surface area contributed by atoms with Crippen LogP contribution in [0.15, 0.2) is 6.33 Å². The van der Waals surface area contributed by atoms with Gasteiger partial charge in [-0.25, -0.2) is 9.67 Å². The van der Waals surface area contributed by atoms with Crippen LogP contribution >= 0.6 is 0 Å². The minimum atomic E-state index is 0.492. The highest BCUT2D eigenvalue weighted by Crippen LogP contribution is 2.08. The van der Waals surface area contributed by atoms with Crippen molar-refractivity contribution in [3.8, 4) is 0 Å². The van der Waals surface area contributed by atoms with Crippen molar-refractivity contribution in [1.82, 2.24) is 24.6 Å². The van der Waals surface area contributed by atoms with Gasteiger partial charge in [0, 0.05) is 45.3 Å². The normalized spacial score (nSPS) is 20.2. The summed E-state index contributed by atoms with van der Waals surface area (Å²) < 4.78 is 1.97. The summed E-state index contributed by atoms with van der Waals surface area (Å²) in [7, 11) is 0. The van der Waals surface area contributed by atoms with Gasteiger partial charge < -0.3 is 5.73 Å². The molecule has 1 fully saturated rings. The minimum Gasteiger partial charge on any atom is -0.329 e. The van der Waals surface area contributed by atoms with E-state index in [2.05, 4.69) is 33.7 Å². The molecule has 1 unspecified atom stereocenters. The molecule has 1 saturated heterocycles. The van der Waals surface area contributed by atoms with Crippen LogP contribution in [-0.2, 0) is 13.1 Å². The number of nitrogens with zero attached hydrogens (tertiary/aromatic N) is 5. The third-order valence-electron chi connectivity index (χ3n) is 3.73.